The van der Waals surface area contributed by atoms with E-state index in [9.17, 15) is 10.2 Å². The second-order valence-electron chi connectivity index (χ2n) is 24.8. The summed E-state index contributed by atoms with van der Waals surface area (Å²) in [4.78, 5) is 39.2. The van der Waals surface area contributed by atoms with Gasteiger partial charge in [0.05, 0.1) is 119 Å². The Morgan fingerprint density at radius 2 is 1.04 bits per heavy atom. The van der Waals surface area contributed by atoms with Gasteiger partial charge in [0.15, 0.2) is 17.3 Å². The molecular weight excluding hydrogens is 1340 g/mol. The van der Waals surface area contributed by atoms with Crippen LogP contribution >= 0.6 is 34.8 Å². The summed E-state index contributed by atoms with van der Waals surface area (Å²) in [6.07, 6.45) is 13.6. The van der Waals surface area contributed by atoms with E-state index in [2.05, 4.69) is 63.3 Å². The Bertz CT molecular complexity index is 4320. The topological polar surface area (TPSA) is 295 Å². The molecule has 0 bridgehead atoms. The number of aromatic nitrogens is 10. The lowest BCUT2D eigenvalue weighted by molar-refractivity contribution is 0.242. The largest absolute Gasteiger partial charge is 0.496 e. The fraction of sp³-hybridized carbons (Fsp3) is 0.417. The van der Waals surface area contributed by atoms with Crippen molar-refractivity contribution in [2.24, 2.45) is 0 Å². The number of nitrogens with two attached hydrogens (primary N) is 1. The van der Waals surface area contributed by atoms with Crippen molar-refractivity contribution in [1.82, 2.24) is 54.3 Å². The molecule has 0 aliphatic carbocycles. The van der Waals surface area contributed by atoms with Crippen LogP contribution in [0.1, 0.15) is 91.2 Å². The van der Waals surface area contributed by atoms with Crippen LogP contribution in [-0.2, 0) is 0 Å². The molecule has 3 aliphatic heterocycles. The number of aliphatic hydroxyl groups excluding tert-OH is 3. The van der Waals surface area contributed by atoms with Crippen molar-refractivity contribution in [3.63, 3.8) is 0 Å². The smallest absolute Gasteiger partial charge is 0.230 e. The van der Waals surface area contributed by atoms with E-state index in [-0.39, 0.29) is 54.2 Å². The molecule has 0 amide bonds. The molecule has 10 aromatic rings. The van der Waals surface area contributed by atoms with Crippen LogP contribution in [0, 0.1) is 13.8 Å². The maximum Gasteiger partial charge on any atom is 0.230 e. The third-order valence-corrected chi connectivity index (χ3v) is 17.2. The van der Waals surface area contributed by atoms with Gasteiger partial charge in [-0.15, -0.1) is 0 Å². The predicted octanol–water partition coefficient (Wildman–Crippen LogP) is 12.9. The van der Waals surface area contributed by atoms with Gasteiger partial charge in [0, 0.05) is 71.7 Å². The van der Waals surface area contributed by atoms with E-state index in [1.54, 1.807) is 57.9 Å². The van der Waals surface area contributed by atoms with Gasteiger partial charge in [0.1, 0.15) is 58.3 Å². The van der Waals surface area contributed by atoms with E-state index >= 15 is 0 Å². The van der Waals surface area contributed by atoms with Gasteiger partial charge in [-0.25, -0.2) is 29.9 Å². The van der Waals surface area contributed by atoms with Crippen LogP contribution in [0.25, 0.3) is 44.1 Å². The summed E-state index contributed by atoms with van der Waals surface area (Å²) in [7, 11) is 6.39. The van der Waals surface area contributed by atoms with Crippen molar-refractivity contribution < 1.29 is 48.5 Å². The predicted molar refractivity (Wildman–Crippen MR) is 394 cm³/mol. The Labute approximate surface area is 597 Å². The molecule has 3 aliphatic rings. The van der Waals surface area contributed by atoms with Crippen molar-refractivity contribution in [1.29, 1.82) is 0 Å². The second kappa shape index (κ2) is 35.4. The first kappa shape index (κ1) is 75.3. The molecule has 25 nitrogen and oxygen atoms in total. The molecule has 3 fully saturated rings. The SMILES string of the molecule is CC(C)Oc1ccc2c(Cl)nc(Cl)nc2c1.CC(C)Oc1ccc2c(N3CCC[C@@H]3CO)nc(Cl)nc2c1.COc1cc(-n2cnc(N)c2)cc(OC)c1OC.COc1cc(-n2cnc(Nc3nc(N4CCC[C@@H]4CO)c4ccc(OC(C)C)cc4n3)c2)cc(C)c1C.OC[C@H]1CCCN1. The van der Waals surface area contributed by atoms with Gasteiger partial charge in [-0.2, -0.15) is 9.97 Å². The number of imidazole rings is 2. The molecule has 0 spiro atoms. The fourth-order valence-corrected chi connectivity index (χ4v) is 12.4. The molecule has 7 N–H and O–H groups in total. The third-order valence-electron chi connectivity index (χ3n) is 16.6. The van der Waals surface area contributed by atoms with Gasteiger partial charge < -0.3 is 83.8 Å². The average Bonchev–Trinajstić information content (AvgIpc) is 1.31. The van der Waals surface area contributed by atoms with Crippen LogP contribution in [0.3, 0.4) is 0 Å². The number of nitrogens with zero attached hydrogens (tertiary/aromatic N) is 12. The van der Waals surface area contributed by atoms with E-state index in [1.165, 1.54) is 6.42 Å². The summed E-state index contributed by atoms with van der Waals surface area (Å²) in [6.45, 7) is 19.3. The minimum absolute atomic E-state index is 0.0384. The molecule has 0 radical (unpaired) electrons. The molecule has 0 saturated carbocycles. The lowest BCUT2D eigenvalue weighted by Crippen LogP contribution is -2.33. The maximum atomic E-state index is 9.96. The third kappa shape index (κ3) is 19.3. The summed E-state index contributed by atoms with van der Waals surface area (Å²) in [5.41, 5.74) is 11.9. The Balaban J connectivity index is 0.000000159. The highest BCUT2D eigenvalue weighted by atomic mass is 35.5. The molecular formula is C72H90Cl3N15O10. The van der Waals surface area contributed by atoms with Gasteiger partial charge in [-0.05, 0) is 177 Å². The van der Waals surface area contributed by atoms with Crippen molar-refractivity contribution in [2.45, 2.75) is 130 Å². The lowest BCUT2D eigenvalue weighted by atomic mass is 10.1. The number of ether oxygens (including phenoxy) is 7. The zero-order valence-electron chi connectivity index (χ0n) is 58.5. The molecule has 100 heavy (non-hydrogen) atoms. The number of rotatable bonds is 19. The number of fused-ring (bicyclic) bond motifs is 3. The summed E-state index contributed by atoms with van der Waals surface area (Å²) < 4.78 is 42.3. The molecule has 13 rings (SSSR count). The average molecular weight is 1430 g/mol. The Kier molecular flexibility index (Phi) is 26.6. The number of hydrogen-bond acceptors (Lipinski definition) is 23. The quantitative estimate of drug-likeness (QED) is 0.0324. The standard InChI is InChI=1S/C28H34N6O3.C16H20ClN3O2.C12H15N3O3.C11H10Cl2N2O.C5H11NO/c1-17(2)37-22-8-9-23-24(13-22)30-28(32-27(23)34-10-6-7-20(34)15-35)31-26-14-33(16-29-26)21-11-18(3)19(4)25(12-21)36-5;1-10(2)22-12-5-6-13-14(8-12)18-16(17)19-15(13)20-7-3-4-11(20)9-21;1-16-9-4-8(15-6-11(13)14-7-15)5-10(17-2)12(9)18-3;1-6(2)16-7-3-4-8-9(5-7)14-11(13)15-10(8)12;7-4-5-2-1-3-6-5/h8-9,11-14,16-17,20,35H,6-7,10,15H2,1-5H3,(H,30,31,32);5-6,8,10-11,21H,3-4,7,9H2,1-2H3;4-7H,13H2,1-3H3;3-6H,1-2H3;5-7H,1-4H2/t20-;11-;;;5-/m11..1/s1. The minimum atomic E-state index is 0.0384. The van der Waals surface area contributed by atoms with E-state index in [1.807, 2.05) is 126 Å². The first-order valence-electron chi connectivity index (χ1n) is 33.2. The van der Waals surface area contributed by atoms with Crippen LogP contribution in [0.2, 0.25) is 15.7 Å². The van der Waals surface area contributed by atoms with Crippen molar-refractivity contribution >= 4 is 96.7 Å². The molecule has 3 atom stereocenters. The second-order valence-corrected chi connectivity index (χ2v) is 25.8. The van der Waals surface area contributed by atoms with Gasteiger partial charge in [0.2, 0.25) is 22.3 Å². The van der Waals surface area contributed by atoms with Gasteiger partial charge in [-0.3, -0.25) is 0 Å². The minimum Gasteiger partial charge on any atom is -0.496 e. The summed E-state index contributed by atoms with van der Waals surface area (Å²) in [5, 5.41) is 37.8. The zero-order valence-corrected chi connectivity index (χ0v) is 60.8. The molecule has 3 saturated heterocycles. The number of benzene rings is 5. The normalized spacial score (nSPS) is 15.6. The number of hydrogen-bond donors (Lipinski definition) is 6. The van der Waals surface area contributed by atoms with Crippen LogP contribution in [0.5, 0.6) is 40.2 Å². The first-order chi connectivity index (χ1) is 48.1. The monoisotopic (exact) mass is 1430 g/mol. The number of aliphatic hydroxyl groups is 3. The number of nitrogens with one attached hydrogen (secondary N) is 2. The van der Waals surface area contributed by atoms with Crippen LogP contribution in [0.4, 0.5) is 29.2 Å². The highest BCUT2D eigenvalue weighted by molar-refractivity contribution is 6.35. The van der Waals surface area contributed by atoms with Crippen LogP contribution in [0.15, 0.2) is 104 Å². The summed E-state index contributed by atoms with van der Waals surface area (Å²) in [6, 6.07) is 25.4. The van der Waals surface area contributed by atoms with E-state index in [4.69, 9.17) is 88.8 Å². The van der Waals surface area contributed by atoms with Gasteiger partial charge >= 0.3 is 0 Å². The maximum absolute atomic E-state index is 9.96. The molecule has 28 heteroatoms. The van der Waals surface area contributed by atoms with Crippen molar-refractivity contribution in [2.75, 3.05) is 88.7 Å². The molecule has 8 heterocycles. The highest BCUT2D eigenvalue weighted by Gasteiger charge is 2.29. The number of methoxy groups -OCH3 is 4. The number of anilines is 5. The van der Waals surface area contributed by atoms with Gasteiger partial charge in [-0.1, -0.05) is 11.6 Å². The van der Waals surface area contributed by atoms with Crippen molar-refractivity contribution in [3.05, 3.63) is 131 Å². The van der Waals surface area contributed by atoms with Crippen LogP contribution in [-0.4, -0.2) is 169 Å². The van der Waals surface area contributed by atoms with Crippen LogP contribution < -0.4 is 59.3 Å². The Morgan fingerprint density at radius 3 is 1.52 bits per heavy atom. The Morgan fingerprint density at radius 1 is 0.550 bits per heavy atom. The van der Waals surface area contributed by atoms with E-state index in [0.717, 1.165) is 136 Å². The van der Waals surface area contributed by atoms with Crippen molar-refractivity contribution in [3.8, 4) is 51.6 Å². The molecule has 5 aromatic carbocycles. The number of aryl methyl sites for hydroxylation is 1. The zero-order chi connectivity index (χ0) is 71.7. The highest BCUT2D eigenvalue weighted by Crippen LogP contribution is 2.40. The molecule has 0 unspecified atom stereocenters. The first-order valence-corrected chi connectivity index (χ1v) is 34.3. The number of nitrogen functional groups attached to an aromatic ring is 1. The van der Waals surface area contributed by atoms with E-state index in [0.29, 0.717) is 58.2 Å². The van der Waals surface area contributed by atoms with E-state index < -0.39 is 0 Å². The fourth-order valence-electron chi connectivity index (χ4n) is 11.8. The molecule has 534 valence electrons. The van der Waals surface area contributed by atoms with Gasteiger partial charge in [0.25, 0.3) is 0 Å². The summed E-state index contributed by atoms with van der Waals surface area (Å²) in [5.74, 6) is 7.93. The summed E-state index contributed by atoms with van der Waals surface area (Å²) >= 11 is 17.8. The number of halogens is 3. The lowest BCUT2D eigenvalue weighted by Gasteiger charge is -2.26. The Hall–Kier alpha value is -8.95. The molecule has 5 aromatic heterocycles.